The van der Waals surface area contributed by atoms with Crippen molar-refractivity contribution in [3.63, 3.8) is 0 Å². The summed E-state index contributed by atoms with van der Waals surface area (Å²) in [4.78, 5) is 25.2. The molecule has 20 heavy (non-hydrogen) atoms. The fourth-order valence-electron chi connectivity index (χ4n) is 2.49. The fourth-order valence-corrected chi connectivity index (χ4v) is 2.49. The number of rotatable bonds is 2. The monoisotopic (exact) mass is 276 g/mol. The molecule has 1 aliphatic heterocycles. The zero-order valence-corrected chi connectivity index (χ0v) is 12.0. The standard InChI is InChI=1S/C15H20N2O3/c1-9-5-4-6-12(14(18)19)13(9)16-15(20)17-7-10(2)11(3)8-17/h4-6,10-11H,7-8H2,1-3H3,(H,16,20)(H,18,19). The number of aromatic carboxylic acids is 1. The number of para-hydroxylation sites is 1. The van der Waals surface area contributed by atoms with E-state index in [9.17, 15) is 14.7 Å². The summed E-state index contributed by atoms with van der Waals surface area (Å²) >= 11 is 0. The van der Waals surface area contributed by atoms with Gasteiger partial charge in [0.15, 0.2) is 0 Å². The van der Waals surface area contributed by atoms with Gasteiger partial charge in [0, 0.05) is 13.1 Å². The van der Waals surface area contributed by atoms with Crippen molar-refractivity contribution in [1.82, 2.24) is 4.90 Å². The van der Waals surface area contributed by atoms with E-state index in [0.717, 1.165) is 5.56 Å². The molecule has 5 heteroatoms. The lowest BCUT2D eigenvalue weighted by molar-refractivity contribution is 0.0698. The SMILES string of the molecule is Cc1cccc(C(=O)O)c1NC(=O)N1CC(C)C(C)C1. The van der Waals surface area contributed by atoms with E-state index in [2.05, 4.69) is 19.2 Å². The molecule has 0 bridgehead atoms. The molecule has 1 saturated heterocycles. The van der Waals surface area contributed by atoms with Gasteiger partial charge in [-0.2, -0.15) is 0 Å². The van der Waals surface area contributed by atoms with Crippen LogP contribution in [-0.2, 0) is 0 Å². The third-order valence-electron chi connectivity index (χ3n) is 4.01. The minimum Gasteiger partial charge on any atom is -0.478 e. The van der Waals surface area contributed by atoms with Gasteiger partial charge in [-0.05, 0) is 30.4 Å². The van der Waals surface area contributed by atoms with E-state index in [1.165, 1.54) is 6.07 Å². The van der Waals surface area contributed by atoms with Crippen molar-refractivity contribution in [3.8, 4) is 0 Å². The number of amides is 2. The number of aryl methyl sites for hydroxylation is 1. The summed E-state index contributed by atoms with van der Waals surface area (Å²) in [5, 5.41) is 11.9. The number of likely N-dealkylation sites (tertiary alicyclic amines) is 1. The van der Waals surface area contributed by atoms with Gasteiger partial charge in [0.1, 0.15) is 0 Å². The van der Waals surface area contributed by atoms with Crippen molar-refractivity contribution in [1.29, 1.82) is 0 Å². The lowest BCUT2D eigenvalue weighted by Crippen LogP contribution is -2.33. The van der Waals surface area contributed by atoms with Gasteiger partial charge >= 0.3 is 12.0 Å². The van der Waals surface area contributed by atoms with E-state index in [1.54, 1.807) is 24.0 Å². The minimum absolute atomic E-state index is 0.124. The third kappa shape index (κ3) is 2.76. The minimum atomic E-state index is -1.04. The maximum atomic E-state index is 12.3. The Balaban J connectivity index is 2.18. The van der Waals surface area contributed by atoms with Gasteiger partial charge < -0.3 is 15.3 Å². The van der Waals surface area contributed by atoms with E-state index in [-0.39, 0.29) is 11.6 Å². The molecule has 1 aromatic carbocycles. The van der Waals surface area contributed by atoms with Gasteiger partial charge in [0.2, 0.25) is 0 Å². The highest BCUT2D eigenvalue weighted by Gasteiger charge is 2.30. The zero-order chi connectivity index (χ0) is 14.9. The molecule has 0 radical (unpaired) electrons. The zero-order valence-electron chi connectivity index (χ0n) is 12.0. The van der Waals surface area contributed by atoms with Crippen LogP contribution in [0.3, 0.4) is 0 Å². The highest BCUT2D eigenvalue weighted by molar-refractivity contribution is 6.01. The van der Waals surface area contributed by atoms with Crippen LogP contribution < -0.4 is 5.32 Å². The average Bonchev–Trinajstić information content (AvgIpc) is 2.72. The summed E-state index contributed by atoms with van der Waals surface area (Å²) in [7, 11) is 0. The number of carbonyl (C=O) groups excluding carboxylic acids is 1. The number of anilines is 1. The number of carboxylic acid groups (broad SMARTS) is 1. The Morgan fingerprint density at radius 2 is 1.85 bits per heavy atom. The van der Waals surface area contributed by atoms with Crippen LogP contribution in [0.5, 0.6) is 0 Å². The van der Waals surface area contributed by atoms with E-state index in [0.29, 0.717) is 30.6 Å². The Labute approximate surface area is 118 Å². The molecule has 1 aromatic rings. The van der Waals surface area contributed by atoms with Crippen LogP contribution in [0.2, 0.25) is 0 Å². The third-order valence-corrected chi connectivity index (χ3v) is 4.01. The summed E-state index contributed by atoms with van der Waals surface area (Å²) in [6.45, 7) is 7.45. The molecule has 1 heterocycles. The van der Waals surface area contributed by atoms with Gasteiger partial charge in [0.25, 0.3) is 0 Å². The number of carbonyl (C=O) groups is 2. The Morgan fingerprint density at radius 1 is 1.25 bits per heavy atom. The van der Waals surface area contributed by atoms with Gasteiger partial charge in [-0.1, -0.05) is 26.0 Å². The summed E-state index contributed by atoms with van der Waals surface area (Å²) in [5.74, 6) is -0.0970. The van der Waals surface area contributed by atoms with Crippen LogP contribution in [0, 0.1) is 18.8 Å². The van der Waals surface area contributed by atoms with Gasteiger partial charge in [-0.3, -0.25) is 0 Å². The molecule has 108 valence electrons. The molecule has 1 aliphatic rings. The number of urea groups is 1. The first-order valence-electron chi connectivity index (χ1n) is 6.79. The Bertz CT molecular complexity index is 532. The predicted octanol–water partition coefficient (Wildman–Crippen LogP) is 2.81. The van der Waals surface area contributed by atoms with E-state index < -0.39 is 5.97 Å². The Hall–Kier alpha value is -2.04. The van der Waals surface area contributed by atoms with Crippen LogP contribution in [0.4, 0.5) is 10.5 Å². The van der Waals surface area contributed by atoms with Crippen LogP contribution in [0.25, 0.3) is 0 Å². The highest BCUT2D eigenvalue weighted by atomic mass is 16.4. The van der Waals surface area contributed by atoms with E-state index in [1.807, 2.05) is 0 Å². The Morgan fingerprint density at radius 3 is 2.40 bits per heavy atom. The van der Waals surface area contributed by atoms with Crippen molar-refractivity contribution in [3.05, 3.63) is 29.3 Å². The van der Waals surface area contributed by atoms with Crippen molar-refractivity contribution < 1.29 is 14.7 Å². The quantitative estimate of drug-likeness (QED) is 0.872. The number of benzene rings is 1. The number of carboxylic acids is 1. The first kappa shape index (κ1) is 14.4. The Kier molecular flexibility index (Phi) is 3.97. The molecule has 0 saturated carbocycles. The topological polar surface area (TPSA) is 69.6 Å². The highest BCUT2D eigenvalue weighted by Crippen LogP contribution is 2.25. The molecule has 2 N–H and O–H groups in total. The molecule has 2 unspecified atom stereocenters. The predicted molar refractivity (Wildman–Crippen MR) is 77.1 cm³/mol. The van der Waals surface area contributed by atoms with Crippen LogP contribution in [0.15, 0.2) is 18.2 Å². The van der Waals surface area contributed by atoms with Crippen molar-refractivity contribution in [2.75, 3.05) is 18.4 Å². The largest absolute Gasteiger partial charge is 0.478 e. The second-order valence-corrected chi connectivity index (χ2v) is 5.59. The van der Waals surface area contributed by atoms with Crippen molar-refractivity contribution in [2.24, 2.45) is 11.8 Å². The molecule has 1 fully saturated rings. The van der Waals surface area contributed by atoms with Crippen molar-refractivity contribution >= 4 is 17.7 Å². The molecule has 2 atom stereocenters. The maximum Gasteiger partial charge on any atom is 0.337 e. The summed E-state index contributed by atoms with van der Waals surface area (Å²) in [6, 6.07) is 4.74. The summed E-state index contributed by atoms with van der Waals surface area (Å²) < 4.78 is 0. The van der Waals surface area contributed by atoms with Crippen molar-refractivity contribution in [2.45, 2.75) is 20.8 Å². The van der Waals surface area contributed by atoms with Crippen LogP contribution in [-0.4, -0.2) is 35.1 Å². The molecule has 0 aliphatic carbocycles. The molecular formula is C15H20N2O3. The number of nitrogens with zero attached hydrogens (tertiary/aromatic N) is 1. The first-order chi connectivity index (χ1) is 9.40. The van der Waals surface area contributed by atoms with Crippen LogP contribution in [0.1, 0.15) is 29.8 Å². The lowest BCUT2D eigenvalue weighted by Gasteiger charge is -2.19. The van der Waals surface area contributed by atoms with Gasteiger partial charge in [-0.25, -0.2) is 9.59 Å². The lowest BCUT2D eigenvalue weighted by atomic mass is 10.0. The molecule has 5 nitrogen and oxygen atoms in total. The average molecular weight is 276 g/mol. The molecule has 2 amide bonds. The normalized spacial score (nSPS) is 21.9. The summed E-state index contributed by atoms with van der Waals surface area (Å²) in [6.07, 6.45) is 0. The number of nitrogens with one attached hydrogen (secondary N) is 1. The second-order valence-electron chi connectivity index (χ2n) is 5.59. The van der Waals surface area contributed by atoms with Gasteiger partial charge in [0.05, 0.1) is 11.3 Å². The molecular weight excluding hydrogens is 256 g/mol. The number of hydrogen-bond acceptors (Lipinski definition) is 2. The molecule has 2 rings (SSSR count). The maximum absolute atomic E-state index is 12.3. The van der Waals surface area contributed by atoms with Crippen LogP contribution >= 0.6 is 0 Å². The number of hydrogen-bond donors (Lipinski definition) is 2. The van der Waals surface area contributed by atoms with E-state index in [4.69, 9.17) is 0 Å². The molecule has 0 aromatic heterocycles. The van der Waals surface area contributed by atoms with E-state index >= 15 is 0 Å². The second kappa shape index (κ2) is 5.53. The van der Waals surface area contributed by atoms with Gasteiger partial charge in [-0.15, -0.1) is 0 Å². The fraction of sp³-hybridized carbons (Fsp3) is 0.467. The first-order valence-corrected chi connectivity index (χ1v) is 6.79. The molecule has 0 spiro atoms. The summed E-state index contributed by atoms with van der Waals surface area (Å²) in [5.41, 5.74) is 1.26. The smallest absolute Gasteiger partial charge is 0.337 e.